The van der Waals surface area contributed by atoms with Crippen LogP contribution in [0.1, 0.15) is 25.0 Å². The van der Waals surface area contributed by atoms with Crippen molar-refractivity contribution >= 4 is 33.3 Å². The molecule has 0 radical (unpaired) electrons. The van der Waals surface area contributed by atoms with Gasteiger partial charge in [-0.25, -0.2) is 0 Å². The zero-order valence-corrected chi connectivity index (χ0v) is 23.1. The number of benzene rings is 6. The molecule has 2 heteroatoms. The largest absolute Gasteiger partial charge is 0.456 e. The molecule has 0 saturated heterocycles. The summed E-state index contributed by atoms with van der Waals surface area (Å²) in [4.78, 5) is 0. The molecule has 8 rings (SSSR count). The molecule has 0 amide bonds. The molecule has 41 heavy (non-hydrogen) atoms. The molecule has 1 aliphatic rings. The molecule has 0 bridgehead atoms. The van der Waals surface area contributed by atoms with Crippen molar-refractivity contribution in [2.75, 3.05) is 5.32 Å². The van der Waals surface area contributed by atoms with Gasteiger partial charge in [-0.2, -0.15) is 0 Å². The smallest absolute Gasteiger partial charge is 0.136 e. The van der Waals surface area contributed by atoms with Gasteiger partial charge in [0.25, 0.3) is 0 Å². The molecule has 1 N–H and O–H groups in total. The van der Waals surface area contributed by atoms with E-state index in [0.29, 0.717) is 0 Å². The lowest BCUT2D eigenvalue weighted by Gasteiger charge is -2.22. The third kappa shape index (κ3) is 3.72. The Balaban J connectivity index is 1.30. The van der Waals surface area contributed by atoms with Gasteiger partial charge in [-0.3, -0.25) is 0 Å². The van der Waals surface area contributed by atoms with E-state index in [2.05, 4.69) is 140 Å². The Morgan fingerprint density at radius 1 is 0.512 bits per heavy atom. The van der Waals surface area contributed by atoms with E-state index in [-0.39, 0.29) is 5.41 Å². The highest BCUT2D eigenvalue weighted by molar-refractivity contribution is 6.13. The molecule has 0 saturated carbocycles. The molecule has 0 aliphatic heterocycles. The fraction of sp³-hybridized carbons (Fsp3) is 0.0769. The van der Waals surface area contributed by atoms with E-state index in [1.54, 1.807) is 0 Å². The van der Waals surface area contributed by atoms with Crippen LogP contribution in [0.5, 0.6) is 0 Å². The van der Waals surface area contributed by atoms with Crippen molar-refractivity contribution in [1.29, 1.82) is 0 Å². The summed E-state index contributed by atoms with van der Waals surface area (Å²) in [5, 5.41) is 6.09. The van der Waals surface area contributed by atoms with Crippen LogP contribution in [-0.2, 0) is 5.41 Å². The second-order valence-electron chi connectivity index (χ2n) is 11.5. The summed E-state index contributed by atoms with van der Waals surface area (Å²) in [6, 6.07) is 47.6. The van der Waals surface area contributed by atoms with E-state index in [1.807, 2.05) is 12.1 Å². The normalized spacial score (nSPS) is 13.3. The molecule has 7 aromatic rings. The second-order valence-corrected chi connectivity index (χ2v) is 11.5. The molecule has 1 heterocycles. The quantitative estimate of drug-likeness (QED) is 0.246. The lowest BCUT2D eigenvalue weighted by atomic mass is 9.82. The van der Waals surface area contributed by atoms with Gasteiger partial charge in [0.15, 0.2) is 0 Å². The van der Waals surface area contributed by atoms with Gasteiger partial charge in [-0.1, -0.05) is 111 Å². The van der Waals surface area contributed by atoms with Crippen molar-refractivity contribution in [1.82, 2.24) is 0 Å². The van der Waals surface area contributed by atoms with Crippen LogP contribution in [0.15, 0.2) is 138 Å². The maximum atomic E-state index is 6.27. The van der Waals surface area contributed by atoms with Crippen LogP contribution in [0.3, 0.4) is 0 Å². The summed E-state index contributed by atoms with van der Waals surface area (Å²) in [7, 11) is 0. The number of nitrogens with one attached hydrogen (secondary N) is 1. The fourth-order valence-corrected chi connectivity index (χ4v) is 6.62. The number of rotatable bonds is 4. The van der Waals surface area contributed by atoms with Crippen molar-refractivity contribution in [3.63, 3.8) is 0 Å². The second kappa shape index (κ2) is 8.97. The number of fused-ring (bicyclic) bond motifs is 6. The SMILES string of the molecule is CC1(C)c2ccccc2-c2ccc(Nc3ccc(-c4ccccc4)cc3-c3cccc4oc5ccccc5c34)cc21. The lowest BCUT2D eigenvalue weighted by molar-refractivity contribution is 0.660. The summed E-state index contributed by atoms with van der Waals surface area (Å²) in [5.41, 5.74) is 14.0. The Morgan fingerprint density at radius 3 is 2.15 bits per heavy atom. The minimum absolute atomic E-state index is 0.0507. The van der Waals surface area contributed by atoms with Crippen molar-refractivity contribution in [2.45, 2.75) is 19.3 Å². The Bertz CT molecular complexity index is 2100. The van der Waals surface area contributed by atoms with Gasteiger partial charge in [-0.15, -0.1) is 0 Å². The van der Waals surface area contributed by atoms with Gasteiger partial charge >= 0.3 is 0 Å². The number of hydrogen-bond acceptors (Lipinski definition) is 2. The van der Waals surface area contributed by atoms with E-state index >= 15 is 0 Å². The predicted octanol–water partition coefficient (Wildman–Crippen LogP) is 11.0. The summed E-state index contributed by atoms with van der Waals surface area (Å²) in [6.07, 6.45) is 0. The topological polar surface area (TPSA) is 25.2 Å². The predicted molar refractivity (Wildman–Crippen MR) is 172 cm³/mol. The van der Waals surface area contributed by atoms with Crippen molar-refractivity contribution < 1.29 is 4.42 Å². The number of hydrogen-bond donors (Lipinski definition) is 1. The van der Waals surface area contributed by atoms with Crippen LogP contribution in [0.25, 0.3) is 55.3 Å². The first kappa shape index (κ1) is 23.8. The van der Waals surface area contributed by atoms with Crippen LogP contribution in [0.2, 0.25) is 0 Å². The summed E-state index contributed by atoms with van der Waals surface area (Å²) in [6.45, 7) is 4.65. The molecule has 1 aromatic heterocycles. The molecule has 6 aromatic carbocycles. The van der Waals surface area contributed by atoms with E-state index in [0.717, 1.165) is 44.4 Å². The molecule has 196 valence electrons. The monoisotopic (exact) mass is 527 g/mol. The van der Waals surface area contributed by atoms with Gasteiger partial charge in [-0.05, 0) is 75.3 Å². The highest BCUT2D eigenvalue weighted by atomic mass is 16.3. The minimum Gasteiger partial charge on any atom is -0.456 e. The molecule has 2 nitrogen and oxygen atoms in total. The average molecular weight is 528 g/mol. The Labute approximate surface area is 239 Å². The van der Waals surface area contributed by atoms with Crippen LogP contribution in [0.4, 0.5) is 11.4 Å². The third-order valence-electron chi connectivity index (χ3n) is 8.68. The number of furan rings is 1. The lowest BCUT2D eigenvalue weighted by Crippen LogP contribution is -2.15. The first-order valence-electron chi connectivity index (χ1n) is 14.2. The van der Waals surface area contributed by atoms with E-state index in [1.165, 1.54) is 33.4 Å². The van der Waals surface area contributed by atoms with Gasteiger partial charge in [0, 0.05) is 33.1 Å². The third-order valence-corrected chi connectivity index (χ3v) is 8.68. The Hall–Kier alpha value is -5.08. The molecule has 0 spiro atoms. The molecule has 0 unspecified atom stereocenters. The summed E-state index contributed by atoms with van der Waals surface area (Å²) in [5.74, 6) is 0. The van der Waals surface area contributed by atoms with E-state index in [4.69, 9.17) is 4.42 Å². The van der Waals surface area contributed by atoms with Crippen molar-refractivity contribution in [3.05, 3.63) is 145 Å². The molecular weight excluding hydrogens is 498 g/mol. The van der Waals surface area contributed by atoms with Gasteiger partial charge < -0.3 is 9.73 Å². The molecular formula is C39H29NO. The molecule has 0 fully saturated rings. The Kier molecular flexibility index (Phi) is 5.20. The van der Waals surface area contributed by atoms with Crippen LogP contribution in [-0.4, -0.2) is 0 Å². The summed E-state index contributed by atoms with van der Waals surface area (Å²) >= 11 is 0. The van der Waals surface area contributed by atoms with Crippen LogP contribution < -0.4 is 5.32 Å². The zero-order chi connectivity index (χ0) is 27.6. The van der Waals surface area contributed by atoms with Crippen LogP contribution in [0, 0.1) is 0 Å². The highest BCUT2D eigenvalue weighted by Gasteiger charge is 2.35. The number of anilines is 2. The zero-order valence-electron chi connectivity index (χ0n) is 23.1. The van der Waals surface area contributed by atoms with Crippen LogP contribution >= 0.6 is 0 Å². The van der Waals surface area contributed by atoms with E-state index in [9.17, 15) is 0 Å². The van der Waals surface area contributed by atoms with Gasteiger partial charge in [0.05, 0.1) is 0 Å². The maximum Gasteiger partial charge on any atom is 0.136 e. The maximum absolute atomic E-state index is 6.27. The van der Waals surface area contributed by atoms with Gasteiger partial charge in [0.2, 0.25) is 0 Å². The Morgan fingerprint density at radius 2 is 1.24 bits per heavy atom. The first-order valence-corrected chi connectivity index (χ1v) is 14.2. The number of para-hydroxylation sites is 1. The fourth-order valence-electron chi connectivity index (χ4n) is 6.62. The van der Waals surface area contributed by atoms with Crippen molar-refractivity contribution in [2.24, 2.45) is 0 Å². The standard InChI is InChI=1S/C39H29NO/c1-39(2)33-16-8-6-13-28(33)29-21-20-27(24-34(29)39)40-35-22-19-26(25-11-4-3-5-12-25)23-32(35)30-15-10-18-37-38(30)31-14-7-9-17-36(31)41-37/h3-24,40H,1-2H3. The summed E-state index contributed by atoms with van der Waals surface area (Å²) < 4.78 is 6.27. The van der Waals surface area contributed by atoms with Crippen molar-refractivity contribution in [3.8, 4) is 33.4 Å². The first-order chi connectivity index (χ1) is 20.1. The molecule has 0 atom stereocenters. The minimum atomic E-state index is -0.0507. The highest BCUT2D eigenvalue weighted by Crippen LogP contribution is 2.50. The van der Waals surface area contributed by atoms with E-state index < -0.39 is 0 Å². The van der Waals surface area contributed by atoms with Gasteiger partial charge in [0.1, 0.15) is 11.2 Å². The average Bonchev–Trinajstić information content (AvgIpc) is 3.50. The molecule has 1 aliphatic carbocycles.